The van der Waals surface area contributed by atoms with E-state index >= 15 is 0 Å². The average molecular weight is 1880 g/mol. The first-order chi connectivity index (χ1) is 60.9. The molecular formula is C70H79Cl7N38O11. The lowest BCUT2D eigenvalue weighted by atomic mass is 10.3. The normalized spacial score (nSPS) is 12.5. The lowest BCUT2D eigenvalue weighted by Crippen LogP contribution is -2.48. The number of anilines is 9. The number of nitrogens with two attached hydrogens (primary N) is 6. The van der Waals surface area contributed by atoms with Crippen LogP contribution in [0.3, 0.4) is 0 Å². The quantitative estimate of drug-likeness (QED) is 0.0110. The van der Waals surface area contributed by atoms with Crippen molar-refractivity contribution in [1.29, 1.82) is 0 Å². The zero-order chi connectivity index (χ0) is 89.6. The first-order valence-corrected chi connectivity index (χ1v) is 39.6. The van der Waals surface area contributed by atoms with E-state index in [2.05, 4.69) is 145 Å². The zero-order valence-corrected chi connectivity index (χ0v) is 72.2. The molecule has 2 amide bonds. The SMILES string of the molecule is CNCCN1CCN(c2ncc(OCCOC)cc2Cl)CC1.COCCOc1cnc(N2CCN(CCN(C)c3cc4nc(-c5ncco5)nn4c(N)n3)CC2)c(Cl)c1.NNC(=O)c1ncco1.Nc1nc(Cl)cc(Cl)n1.Nc1nc(Cl)cc(NNC(=O)c2ncco2)n1.Nc1nc(Cl)cc2nc(-c3ncco3)nn12.Nc1nc(Cl)cc2nc(-c3ncco3)nn12. The molecule has 17 rings (SSSR count). The average Bonchev–Trinajstić information content (AvgIpc) is 1.63. The summed E-state index contributed by atoms with van der Waals surface area (Å²) < 4.78 is 50.1. The molecule has 56 heteroatoms. The summed E-state index contributed by atoms with van der Waals surface area (Å²) in [5.74, 6) is 10.1. The van der Waals surface area contributed by atoms with Gasteiger partial charge in [-0.3, -0.25) is 35.7 Å². The van der Waals surface area contributed by atoms with Crippen LogP contribution in [-0.4, -0.2) is 268 Å². The summed E-state index contributed by atoms with van der Waals surface area (Å²) in [5.41, 5.74) is 36.2. The van der Waals surface area contributed by atoms with E-state index < -0.39 is 11.8 Å². The molecule has 0 radical (unpaired) electrons. The van der Waals surface area contributed by atoms with Gasteiger partial charge >= 0.3 is 11.8 Å². The Labute approximate surface area is 748 Å². The number of hydrazine groups is 2. The molecule has 0 aromatic carbocycles. The molecule has 2 fully saturated rings. The highest BCUT2D eigenvalue weighted by Gasteiger charge is 2.25. The summed E-state index contributed by atoms with van der Waals surface area (Å²) in [7, 11) is 7.25. The fourth-order valence-electron chi connectivity index (χ4n) is 10.9. The second-order valence-electron chi connectivity index (χ2n) is 25.3. The zero-order valence-electron chi connectivity index (χ0n) is 66.9. The molecule has 17 heterocycles. The highest BCUT2D eigenvalue weighted by molar-refractivity contribution is 6.34. The second-order valence-corrected chi connectivity index (χ2v) is 28.1. The molecule has 0 spiro atoms. The van der Waals surface area contributed by atoms with Gasteiger partial charge in [0.15, 0.2) is 22.8 Å². The van der Waals surface area contributed by atoms with Crippen molar-refractivity contribution in [3.8, 4) is 46.6 Å². The molecule has 2 saturated heterocycles. The number of fused-ring (bicyclic) bond motifs is 3. The van der Waals surface area contributed by atoms with Crippen LogP contribution in [0.25, 0.3) is 52.1 Å². The Balaban J connectivity index is 0.000000151. The van der Waals surface area contributed by atoms with E-state index in [4.69, 9.17) is 152 Å². The number of hydrogen-bond acceptors (Lipinski definition) is 44. The first kappa shape index (κ1) is 93.4. The highest BCUT2D eigenvalue weighted by Crippen LogP contribution is 2.31. The van der Waals surface area contributed by atoms with Crippen molar-refractivity contribution in [3.63, 3.8) is 0 Å². The van der Waals surface area contributed by atoms with E-state index in [0.717, 1.165) is 96.0 Å². The molecule has 49 nitrogen and oxygen atoms in total. The van der Waals surface area contributed by atoms with Crippen molar-refractivity contribution < 1.29 is 50.6 Å². The van der Waals surface area contributed by atoms with E-state index in [0.29, 0.717) is 100 Å². The molecule has 0 saturated carbocycles. The van der Waals surface area contributed by atoms with Gasteiger partial charge in [0.25, 0.3) is 29.5 Å². The number of likely N-dealkylation sites (N-methyl/N-ethyl adjacent to an activating group) is 2. The smallest absolute Gasteiger partial charge is 0.325 e. The Kier molecular flexibility index (Phi) is 34.4. The monoisotopic (exact) mass is 1870 g/mol. The summed E-state index contributed by atoms with van der Waals surface area (Å²) in [6, 6.07) is 11.4. The molecule has 16 N–H and O–H groups in total. The van der Waals surface area contributed by atoms with Gasteiger partial charge in [-0.1, -0.05) is 81.2 Å². The molecule has 0 aliphatic carbocycles. The number of hydrogen-bond donors (Lipinski definition) is 10. The third kappa shape index (κ3) is 27.1. The van der Waals surface area contributed by atoms with Crippen LogP contribution in [0, 0.1) is 0 Å². The van der Waals surface area contributed by atoms with Crippen molar-refractivity contribution >= 4 is 163 Å². The minimum absolute atomic E-state index is 0.00891. The van der Waals surface area contributed by atoms with Crippen LogP contribution in [-0.2, 0) is 9.47 Å². The Morgan fingerprint density at radius 2 is 0.865 bits per heavy atom. The molecule has 15 aromatic heterocycles. The van der Waals surface area contributed by atoms with Crippen LogP contribution >= 0.6 is 81.2 Å². The Bertz CT molecular complexity index is 5730. The van der Waals surface area contributed by atoms with E-state index in [1.807, 2.05) is 31.7 Å². The number of oxazole rings is 5. The lowest BCUT2D eigenvalue weighted by molar-refractivity contribution is 0.0915. The number of nitrogen functional groups attached to an aromatic ring is 6. The van der Waals surface area contributed by atoms with Gasteiger partial charge < -0.3 is 89.7 Å². The maximum Gasteiger partial charge on any atom is 0.325 e. The minimum Gasteiger partial charge on any atom is -0.490 e. The lowest BCUT2D eigenvalue weighted by Gasteiger charge is -2.36. The number of halogens is 7. The Morgan fingerprint density at radius 3 is 1.26 bits per heavy atom. The number of nitrogens with zero attached hydrogens (tertiary/aromatic N) is 28. The fraction of sp³-hybridized carbons (Fsp3) is 0.286. The van der Waals surface area contributed by atoms with Gasteiger partial charge in [0.1, 0.15) is 99.2 Å². The Hall–Kier alpha value is -13.3. The Morgan fingerprint density at radius 1 is 0.460 bits per heavy atom. The van der Waals surface area contributed by atoms with E-state index in [1.54, 1.807) is 51.0 Å². The van der Waals surface area contributed by atoms with Gasteiger partial charge in [-0.2, -0.15) is 23.5 Å². The molecule has 126 heavy (non-hydrogen) atoms. The number of methoxy groups -OCH3 is 2. The molecule has 2 aliphatic heterocycles. The third-order valence-corrected chi connectivity index (χ3v) is 18.3. The van der Waals surface area contributed by atoms with Crippen molar-refractivity contribution in [2.45, 2.75) is 0 Å². The van der Waals surface area contributed by atoms with Gasteiger partial charge in [-0.15, -0.1) is 15.3 Å². The van der Waals surface area contributed by atoms with Gasteiger partial charge in [0, 0.05) is 142 Å². The second kappa shape index (κ2) is 46.4. The van der Waals surface area contributed by atoms with Crippen LogP contribution in [0.4, 0.5) is 53.0 Å². The maximum absolute atomic E-state index is 11.4. The van der Waals surface area contributed by atoms with Crippen LogP contribution in [0.5, 0.6) is 11.5 Å². The van der Waals surface area contributed by atoms with Crippen LogP contribution in [0.15, 0.2) is 139 Å². The predicted octanol–water partition coefficient (Wildman–Crippen LogP) is 5.93. The van der Waals surface area contributed by atoms with Crippen molar-refractivity contribution in [3.05, 3.63) is 165 Å². The third-order valence-electron chi connectivity index (χ3n) is 16.8. The number of nitrogens with one attached hydrogen (secondary N) is 4. The fourth-order valence-corrected chi connectivity index (χ4v) is 12.5. The molecule has 15 aromatic rings. The van der Waals surface area contributed by atoms with Crippen LogP contribution in [0.2, 0.25) is 35.8 Å². The number of pyridine rings is 2. The van der Waals surface area contributed by atoms with Gasteiger partial charge in [0.2, 0.25) is 47.2 Å². The standard InChI is InChI=1S/C23H29ClN10O3.C15H25ClN4O2.C8H7ClN6O2.2C8H5ClN6O.C4H3Cl2N3.C4H5N3O2/c1-31(18-14-19-28-20(22-26-3-10-37-22)30-34(19)23(25)29-18)4-5-32-6-8-33(9-7-32)21-17(24)13-16(15-27-21)36-12-11-35-2;1-17-3-4-19-5-7-20(8-6-19)15-14(16)11-13(12-18-15)22-10-9-21-2;9-4-3-5(13-8(10)12-4)14-15-6(16)7-11-1-2-17-7;2*9-4-3-5-13-6(7-11-1-2-16-7)14-15(5)8(10)12-4;5-2-1-3(6)9-4(7)8-2;5-7-3(8)4-6-1-2-9-4/h3,10,13-15H,4-9,11-12H2,1-2H3,(H2,25,29);11-12,17H,3-10H2,1-2H3;1-3H,(H,15,16)(H3,10,12,13,14);2*1-3H,(H2,10,12);1H,(H2,7,8,9);1-2H,5H2,(H,7,8). The molecule has 664 valence electrons. The number of rotatable bonds is 24. The summed E-state index contributed by atoms with van der Waals surface area (Å²) in [4.78, 5) is 101. The van der Waals surface area contributed by atoms with Crippen molar-refractivity contribution in [2.75, 3.05) is 182 Å². The van der Waals surface area contributed by atoms with E-state index in [1.165, 1.54) is 81.8 Å². The summed E-state index contributed by atoms with van der Waals surface area (Å²) in [6.45, 7) is 13.2. The van der Waals surface area contributed by atoms with Crippen LogP contribution < -0.4 is 80.3 Å². The molecule has 0 unspecified atom stereocenters. The van der Waals surface area contributed by atoms with Gasteiger partial charge in [0.05, 0.1) is 66.6 Å². The van der Waals surface area contributed by atoms with E-state index in [-0.39, 0.29) is 73.1 Å². The largest absolute Gasteiger partial charge is 0.490 e. The van der Waals surface area contributed by atoms with Gasteiger partial charge in [-0.25, -0.2) is 80.6 Å². The topological polar surface area (TPSA) is 628 Å². The van der Waals surface area contributed by atoms with Crippen molar-refractivity contribution in [1.82, 2.24) is 140 Å². The number of carbonyl (C=O) groups is 2. The maximum atomic E-state index is 11.4. The predicted molar refractivity (Wildman–Crippen MR) is 464 cm³/mol. The van der Waals surface area contributed by atoms with E-state index in [9.17, 15) is 9.59 Å². The number of piperazine rings is 2. The molecule has 0 atom stereocenters. The number of aromatic nitrogens is 23. The number of ether oxygens (including phenoxy) is 4. The highest BCUT2D eigenvalue weighted by atomic mass is 35.5. The summed E-state index contributed by atoms with van der Waals surface area (Å²) in [5, 5.41) is 18.1. The molecule has 2 aliphatic rings. The minimum atomic E-state index is -0.552. The van der Waals surface area contributed by atoms with Gasteiger partial charge in [-0.05, 0) is 7.05 Å². The number of amides is 2. The summed E-state index contributed by atoms with van der Waals surface area (Å²) >= 11 is 40.9. The van der Waals surface area contributed by atoms with Crippen molar-refractivity contribution in [2.24, 2.45) is 5.84 Å². The molecule has 0 bridgehead atoms. The summed E-state index contributed by atoms with van der Waals surface area (Å²) in [6.07, 6.45) is 17.7. The number of carbonyl (C=O) groups excluding carboxylic acids is 2. The first-order valence-electron chi connectivity index (χ1n) is 37.0. The molecular weight excluding hydrogens is 1800 g/mol. The van der Waals surface area contributed by atoms with Crippen LogP contribution in [0.1, 0.15) is 21.4 Å².